The summed E-state index contributed by atoms with van der Waals surface area (Å²) in [5.74, 6) is -1.94. The molecule has 0 aromatic carbocycles. The fourth-order valence-corrected chi connectivity index (χ4v) is 6.00. The molecule has 2 rings (SSSR count). The molecule has 1 fully saturated rings. The fraction of sp³-hybridized carbons (Fsp3) is 0.400. The first kappa shape index (κ1) is 14.7. The molecule has 20 heavy (non-hydrogen) atoms. The Morgan fingerprint density at radius 2 is 2.15 bits per heavy atom. The topological polar surface area (TPSA) is 130 Å². The number of aromatic carboxylic acids is 1. The molecule has 0 radical (unpaired) electrons. The van der Waals surface area contributed by atoms with Crippen LogP contribution < -0.4 is 4.72 Å². The summed E-state index contributed by atoms with van der Waals surface area (Å²) in [4.78, 5) is 14.6. The Morgan fingerprint density at radius 1 is 1.45 bits per heavy atom. The molecule has 1 atom stereocenters. The molecule has 8 nitrogen and oxygen atoms in total. The number of sulfonamides is 1. The second-order valence-electron chi connectivity index (χ2n) is 4.40. The van der Waals surface area contributed by atoms with Crippen molar-refractivity contribution in [1.82, 2.24) is 4.98 Å². The molecule has 0 saturated carbocycles. The number of hydrogen-bond donors (Lipinski definition) is 2. The van der Waals surface area contributed by atoms with Gasteiger partial charge < -0.3 is 5.11 Å². The van der Waals surface area contributed by atoms with Gasteiger partial charge in [0, 0.05) is 6.20 Å². The molecule has 0 amide bonds. The predicted molar refractivity (Wildman–Crippen MR) is 70.8 cm³/mol. The van der Waals surface area contributed by atoms with Crippen molar-refractivity contribution < 1.29 is 26.7 Å². The molecule has 2 heterocycles. The second kappa shape index (κ2) is 5.02. The number of nitrogens with one attached hydrogen (secondary N) is 1. The normalized spacial score (nSPS) is 21.5. The highest BCUT2D eigenvalue weighted by molar-refractivity contribution is 7.97. The maximum Gasteiger partial charge on any atom is 0.337 e. The largest absolute Gasteiger partial charge is 0.478 e. The molecule has 1 saturated heterocycles. The lowest BCUT2D eigenvalue weighted by Gasteiger charge is -2.13. The van der Waals surface area contributed by atoms with Crippen LogP contribution in [-0.2, 0) is 19.9 Å². The maximum absolute atomic E-state index is 12.1. The summed E-state index contributed by atoms with van der Waals surface area (Å²) < 4.78 is 48.9. The molecule has 0 aliphatic carbocycles. The van der Waals surface area contributed by atoms with E-state index in [0.29, 0.717) is 0 Å². The number of pyridine rings is 1. The summed E-state index contributed by atoms with van der Waals surface area (Å²) in [5.41, 5.74) is -0.422. The molecule has 2 N–H and O–H groups in total. The van der Waals surface area contributed by atoms with Crippen LogP contribution >= 0.6 is 0 Å². The quantitative estimate of drug-likeness (QED) is 0.779. The molecule has 0 spiro atoms. The van der Waals surface area contributed by atoms with Crippen molar-refractivity contribution in [3.63, 3.8) is 0 Å². The third-order valence-electron chi connectivity index (χ3n) is 2.93. The van der Waals surface area contributed by atoms with Gasteiger partial charge in [-0.3, -0.25) is 9.71 Å². The summed E-state index contributed by atoms with van der Waals surface area (Å²) in [6, 6.07) is 1.16. The Morgan fingerprint density at radius 3 is 2.70 bits per heavy atom. The van der Waals surface area contributed by atoms with E-state index in [1.165, 1.54) is 6.20 Å². The first-order valence-electron chi connectivity index (χ1n) is 5.61. The van der Waals surface area contributed by atoms with Crippen molar-refractivity contribution in [2.75, 3.05) is 16.2 Å². The molecule has 110 valence electrons. The lowest BCUT2D eigenvalue weighted by molar-refractivity contribution is 0.0698. The Balaban J connectivity index is 2.28. The number of aromatic nitrogens is 1. The van der Waals surface area contributed by atoms with E-state index < -0.39 is 36.8 Å². The highest BCUT2D eigenvalue weighted by Crippen LogP contribution is 2.22. The molecular weight excluding hydrogens is 308 g/mol. The number of rotatable bonds is 4. The molecule has 1 aromatic rings. The lowest BCUT2D eigenvalue weighted by atomic mass is 10.2. The van der Waals surface area contributed by atoms with Crippen LogP contribution in [0.1, 0.15) is 16.8 Å². The van der Waals surface area contributed by atoms with Crippen molar-refractivity contribution in [2.45, 2.75) is 11.7 Å². The Bertz CT molecular complexity index is 741. The van der Waals surface area contributed by atoms with Gasteiger partial charge in [0.25, 0.3) is 0 Å². The van der Waals surface area contributed by atoms with Gasteiger partial charge in [-0.25, -0.2) is 21.6 Å². The number of carbonyl (C=O) groups is 1. The number of anilines is 1. The standard InChI is InChI=1S/C10H12N2O6S2/c13-10(14)8-1-3-11-5-9(8)12-20(17,18)7-2-4-19(15,16)6-7/h1,3,5,7,12H,2,4,6H2,(H,13,14). The highest BCUT2D eigenvalue weighted by atomic mass is 32.2. The second-order valence-corrected chi connectivity index (χ2v) is 8.59. The van der Waals surface area contributed by atoms with Crippen molar-refractivity contribution in [3.05, 3.63) is 24.0 Å². The third-order valence-corrected chi connectivity index (χ3v) is 6.70. The first-order valence-corrected chi connectivity index (χ1v) is 8.97. The van der Waals surface area contributed by atoms with Gasteiger partial charge in [0.1, 0.15) is 0 Å². The Labute approximate surface area is 115 Å². The van der Waals surface area contributed by atoms with Gasteiger partial charge in [-0.2, -0.15) is 0 Å². The van der Waals surface area contributed by atoms with Crippen LogP contribution in [-0.4, -0.2) is 49.7 Å². The van der Waals surface area contributed by atoms with Gasteiger partial charge in [-0.15, -0.1) is 0 Å². The molecule has 1 aliphatic rings. The SMILES string of the molecule is O=C(O)c1ccncc1NS(=O)(=O)C1CCS(=O)(=O)C1. The summed E-state index contributed by atoms with van der Waals surface area (Å²) in [6.45, 7) is 0. The van der Waals surface area contributed by atoms with Crippen molar-refractivity contribution in [2.24, 2.45) is 0 Å². The van der Waals surface area contributed by atoms with Crippen LogP contribution in [0.25, 0.3) is 0 Å². The van der Waals surface area contributed by atoms with Crippen LogP contribution in [0.2, 0.25) is 0 Å². The third kappa shape index (κ3) is 3.07. The van der Waals surface area contributed by atoms with Gasteiger partial charge in [0.05, 0.1) is 34.2 Å². The zero-order valence-corrected chi connectivity index (χ0v) is 11.8. The summed E-state index contributed by atoms with van der Waals surface area (Å²) in [7, 11) is -7.32. The smallest absolute Gasteiger partial charge is 0.337 e. The summed E-state index contributed by atoms with van der Waals surface area (Å²) in [5, 5.41) is 7.88. The van der Waals surface area contributed by atoms with E-state index in [4.69, 9.17) is 5.11 Å². The highest BCUT2D eigenvalue weighted by Gasteiger charge is 2.37. The van der Waals surface area contributed by atoms with Crippen LogP contribution in [0.5, 0.6) is 0 Å². The molecule has 1 aliphatic heterocycles. The average molecular weight is 320 g/mol. The number of hydrogen-bond acceptors (Lipinski definition) is 6. The van der Waals surface area contributed by atoms with Crippen LogP contribution in [0.3, 0.4) is 0 Å². The molecule has 10 heteroatoms. The fourth-order valence-electron chi connectivity index (χ4n) is 1.90. The van der Waals surface area contributed by atoms with Gasteiger partial charge in [-0.05, 0) is 12.5 Å². The molecule has 1 aromatic heterocycles. The monoisotopic (exact) mass is 320 g/mol. The number of carboxylic acid groups (broad SMARTS) is 1. The number of carboxylic acids is 1. The minimum Gasteiger partial charge on any atom is -0.478 e. The Hall–Kier alpha value is -1.68. The van der Waals surface area contributed by atoms with Crippen molar-refractivity contribution >= 4 is 31.5 Å². The predicted octanol–water partition coefficient (Wildman–Crippen LogP) is -0.291. The van der Waals surface area contributed by atoms with Gasteiger partial charge in [-0.1, -0.05) is 0 Å². The van der Waals surface area contributed by atoms with Crippen molar-refractivity contribution in [3.8, 4) is 0 Å². The molecule has 1 unspecified atom stereocenters. The zero-order valence-electron chi connectivity index (χ0n) is 10.2. The van der Waals surface area contributed by atoms with Crippen molar-refractivity contribution in [1.29, 1.82) is 0 Å². The van der Waals surface area contributed by atoms with Gasteiger partial charge in [0.2, 0.25) is 10.0 Å². The zero-order chi connectivity index (χ0) is 15.0. The van der Waals surface area contributed by atoms with Gasteiger partial charge >= 0.3 is 5.97 Å². The number of sulfone groups is 1. The minimum absolute atomic E-state index is 0.000331. The average Bonchev–Trinajstić information content (AvgIpc) is 2.70. The van der Waals surface area contributed by atoms with E-state index >= 15 is 0 Å². The van der Waals surface area contributed by atoms with Gasteiger partial charge in [0.15, 0.2) is 9.84 Å². The molecular formula is C10H12N2O6S2. The van der Waals surface area contributed by atoms with Crippen LogP contribution in [0.15, 0.2) is 18.5 Å². The summed E-state index contributed by atoms with van der Waals surface area (Å²) >= 11 is 0. The minimum atomic E-state index is -3.97. The first-order chi connectivity index (χ1) is 9.21. The van der Waals surface area contributed by atoms with Crippen LogP contribution in [0.4, 0.5) is 5.69 Å². The van der Waals surface area contributed by atoms with E-state index in [1.807, 2.05) is 0 Å². The van der Waals surface area contributed by atoms with E-state index in [2.05, 4.69) is 9.71 Å². The Kier molecular flexibility index (Phi) is 3.69. The molecule has 0 bridgehead atoms. The lowest BCUT2D eigenvalue weighted by Crippen LogP contribution is -2.29. The van der Waals surface area contributed by atoms with E-state index in [1.54, 1.807) is 0 Å². The van der Waals surface area contributed by atoms with Crippen LogP contribution in [0, 0.1) is 0 Å². The summed E-state index contributed by atoms with van der Waals surface area (Å²) in [6.07, 6.45) is 2.30. The van der Waals surface area contributed by atoms with E-state index in [0.717, 1.165) is 12.3 Å². The number of nitrogens with zero attached hydrogens (tertiary/aromatic N) is 1. The van der Waals surface area contributed by atoms with E-state index in [-0.39, 0.29) is 23.4 Å². The van der Waals surface area contributed by atoms with E-state index in [9.17, 15) is 21.6 Å². The maximum atomic E-state index is 12.1.